The Morgan fingerprint density at radius 2 is 1.83 bits per heavy atom. The zero-order valence-electron chi connectivity index (χ0n) is 17.6. The van der Waals surface area contributed by atoms with Gasteiger partial charge in [0.25, 0.3) is 0 Å². The number of guanidine groups is 1. The van der Waals surface area contributed by atoms with Gasteiger partial charge in [-0.15, -0.1) is 24.0 Å². The molecular formula is C21H35IN6O. The van der Waals surface area contributed by atoms with E-state index in [1.54, 1.807) is 0 Å². The molecule has 0 radical (unpaired) electrons. The maximum atomic E-state index is 5.68. The van der Waals surface area contributed by atoms with Gasteiger partial charge in [-0.2, -0.15) is 0 Å². The Kier molecular flexibility index (Phi) is 8.37. The van der Waals surface area contributed by atoms with Gasteiger partial charge in [0.2, 0.25) is 0 Å². The summed E-state index contributed by atoms with van der Waals surface area (Å²) in [4.78, 5) is 16.5. The summed E-state index contributed by atoms with van der Waals surface area (Å²) in [5.74, 6) is 2.10. The smallest absolute Gasteiger partial charge is 0.193 e. The number of nitrogens with zero attached hydrogens (tertiary/aromatic N) is 5. The van der Waals surface area contributed by atoms with Crippen molar-refractivity contribution in [1.29, 1.82) is 0 Å². The van der Waals surface area contributed by atoms with Crippen molar-refractivity contribution in [3.05, 3.63) is 24.4 Å². The van der Waals surface area contributed by atoms with E-state index in [4.69, 9.17) is 4.74 Å². The van der Waals surface area contributed by atoms with Crippen LogP contribution in [0.3, 0.4) is 0 Å². The maximum Gasteiger partial charge on any atom is 0.193 e. The van der Waals surface area contributed by atoms with E-state index in [0.29, 0.717) is 0 Å². The van der Waals surface area contributed by atoms with E-state index in [-0.39, 0.29) is 29.5 Å². The molecule has 0 bridgehead atoms. The van der Waals surface area contributed by atoms with Crippen LogP contribution in [0.25, 0.3) is 0 Å². The summed E-state index contributed by atoms with van der Waals surface area (Å²) in [5, 5.41) is 3.73. The molecule has 1 N–H and O–H groups in total. The van der Waals surface area contributed by atoms with Gasteiger partial charge in [-0.3, -0.25) is 9.89 Å². The fourth-order valence-corrected chi connectivity index (χ4v) is 4.81. The molecular weight excluding hydrogens is 479 g/mol. The molecule has 162 valence electrons. The van der Waals surface area contributed by atoms with Gasteiger partial charge in [0.1, 0.15) is 5.82 Å². The molecule has 1 aromatic heterocycles. The Hall–Kier alpha value is -1.13. The summed E-state index contributed by atoms with van der Waals surface area (Å²) in [7, 11) is 1.90. The molecule has 1 aromatic rings. The zero-order chi connectivity index (χ0) is 19.2. The van der Waals surface area contributed by atoms with Crippen LogP contribution in [-0.2, 0) is 4.74 Å². The second-order valence-corrected chi connectivity index (χ2v) is 8.09. The van der Waals surface area contributed by atoms with E-state index < -0.39 is 0 Å². The molecule has 3 aliphatic rings. The van der Waals surface area contributed by atoms with Crippen molar-refractivity contribution in [3.63, 3.8) is 0 Å². The maximum absolute atomic E-state index is 5.68. The van der Waals surface area contributed by atoms with Crippen LogP contribution in [0, 0.1) is 0 Å². The number of rotatable bonds is 4. The van der Waals surface area contributed by atoms with Gasteiger partial charge in [-0.05, 0) is 50.9 Å². The molecule has 4 heterocycles. The predicted molar refractivity (Wildman–Crippen MR) is 128 cm³/mol. The number of piperazine rings is 1. The first-order valence-corrected chi connectivity index (χ1v) is 10.8. The number of likely N-dealkylation sites (tertiary alicyclic amines) is 1. The summed E-state index contributed by atoms with van der Waals surface area (Å²) >= 11 is 0. The fraction of sp³-hybridized carbons (Fsp3) is 0.714. The van der Waals surface area contributed by atoms with Gasteiger partial charge in [0.05, 0.1) is 0 Å². The third-order valence-corrected chi connectivity index (χ3v) is 6.54. The average molecular weight is 514 g/mol. The van der Waals surface area contributed by atoms with Gasteiger partial charge in [0.15, 0.2) is 5.96 Å². The minimum atomic E-state index is 0. The third kappa shape index (κ3) is 5.32. The number of halogens is 1. The number of anilines is 1. The topological polar surface area (TPSA) is 56.2 Å². The summed E-state index contributed by atoms with van der Waals surface area (Å²) < 4.78 is 5.68. The highest BCUT2D eigenvalue weighted by molar-refractivity contribution is 14.0. The van der Waals surface area contributed by atoms with Crippen LogP contribution in [0.2, 0.25) is 0 Å². The van der Waals surface area contributed by atoms with E-state index in [1.807, 2.05) is 19.3 Å². The van der Waals surface area contributed by atoms with E-state index >= 15 is 0 Å². The Morgan fingerprint density at radius 1 is 1.10 bits per heavy atom. The molecule has 0 aromatic carbocycles. The van der Waals surface area contributed by atoms with Crippen molar-refractivity contribution in [2.24, 2.45) is 4.99 Å². The first-order chi connectivity index (χ1) is 13.8. The number of pyridine rings is 1. The molecule has 0 spiro atoms. The quantitative estimate of drug-likeness (QED) is 0.377. The van der Waals surface area contributed by atoms with Gasteiger partial charge in [-0.25, -0.2) is 4.98 Å². The van der Waals surface area contributed by atoms with Crippen LogP contribution >= 0.6 is 24.0 Å². The van der Waals surface area contributed by atoms with Crippen LogP contribution in [0.5, 0.6) is 0 Å². The molecule has 8 heteroatoms. The molecule has 3 aliphatic heterocycles. The van der Waals surface area contributed by atoms with Crippen LogP contribution in [-0.4, -0.2) is 92.4 Å². The van der Waals surface area contributed by atoms with Crippen LogP contribution in [0.15, 0.2) is 29.4 Å². The van der Waals surface area contributed by atoms with Crippen LogP contribution < -0.4 is 10.2 Å². The summed E-state index contributed by atoms with van der Waals surface area (Å²) in [5.41, 5.74) is 0.223. The molecule has 3 fully saturated rings. The summed E-state index contributed by atoms with van der Waals surface area (Å²) in [6, 6.07) is 6.12. The van der Waals surface area contributed by atoms with Crippen LogP contribution in [0.4, 0.5) is 5.82 Å². The number of aromatic nitrogens is 1. The van der Waals surface area contributed by atoms with Crippen molar-refractivity contribution in [2.45, 2.75) is 31.2 Å². The number of nitrogens with one attached hydrogen (secondary N) is 1. The lowest BCUT2D eigenvalue weighted by molar-refractivity contribution is -0.0166. The molecule has 7 nitrogen and oxygen atoms in total. The van der Waals surface area contributed by atoms with Crippen molar-refractivity contribution in [1.82, 2.24) is 20.1 Å². The van der Waals surface area contributed by atoms with E-state index in [0.717, 1.165) is 70.6 Å². The third-order valence-electron chi connectivity index (χ3n) is 6.54. The molecule has 0 aliphatic carbocycles. The molecule has 0 saturated carbocycles. The number of ether oxygens (including phenoxy) is 1. The fourth-order valence-electron chi connectivity index (χ4n) is 4.81. The average Bonchev–Trinajstić information content (AvgIpc) is 3.32. The molecule has 4 rings (SSSR count). The monoisotopic (exact) mass is 514 g/mol. The minimum absolute atomic E-state index is 0. The number of hydrogen-bond acceptors (Lipinski definition) is 5. The predicted octanol–water partition coefficient (Wildman–Crippen LogP) is 2.04. The minimum Gasteiger partial charge on any atom is -0.381 e. The summed E-state index contributed by atoms with van der Waals surface area (Å²) in [6.07, 6.45) is 6.75. The van der Waals surface area contributed by atoms with Gasteiger partial charge < -0.3 is 19.9 Å². The molecule has 29 heavy (non-hydrogen) atoms. The lowest BCUT2D eigenvalue weighted by atomic mass is 9.88. The van der Waals surface area contributed by atoms with Crippen molar-refractivity contribution in [2.75, 3.05) is 71.0 Å². The van der Waals surface area contributed by atoms with Crippen molar-refractivity contribution in [3.8, 4) is 0 Å². The lowest BCUT2D eigenvalue weighted by Gasteiger charge is -2.45. The molecule has 0 atom stereocenters. The standard InChI is InChI=1S/C21H34N6O.HI/c1-22-20(26-14-12-25(13-15-26)19-6-2-3-9-23-19)24-18-21(7-16-28-17-8-21)27-10-4-5-11-27;/h2-3,6,9H,4-5,7-8,10-18H2,1H3,(H,22,24);1H. The lowest BCUT2D eigenvalue weighted by Crippen LogP contribution is -2.60. The molecule has 3 saturated heterocycles. The number of aliphatic imine (C=N–C) groups is 1. The Labute approximate surface area is 191 Å². The number of hydrogen-bond donors (Lipinski definition) is 1. The normalized spacial score (nSPS) is 23.0. The SMILES string of the molecule is CN=C(NCC1(N2CCCC2)CCOCC1)N1CCN(c2ccccn2)CC1.I. The first-order valence-electron chi connectivity index (χ1n) is 10.8. The van der Waals surface area contributed by atoms with E-state index in [9.17, 15) is 0 Å². The Morgan fingerprint density at radius 3 is 2.45 bits per heavy atom. The highest BCUT2D eigenvalue weighted by atomic mass is 127. The van der Waals surface area contributed by atoms with Crippen LogP contribution in [0.1, 0.15) is 25.7 Å². The van der Waals surface area contributed by atoms with E-state index in [1.165, 1.54) is 25.9 Å². The Bertz CT molecular complexity index is 638. The van der Waals surface area contributed by atoms with E-state index in [2.05, 4.69) is 42.1 Å². The zero-order valence-corrected chi connectivity index (χ0v) is 19.9. The van der Waals surface area contributed by atoms with Gasteiger partial charge in [-0.1, -0.05) is 6.07 Å². The second kappa shape index (κ2) is 10.8. The summed E-state index contributed by atoms with van der Waals surface area (Å²) in [6.45, 7) is 9.05. The molecule has 0 unspecified atom stereocenters. The van der Waals surface area contributed by atoms with Crippen molar-refractivity contribution >= 4 is 35.8 Å². The highest BCUT2D eigenvalue weighted by Crippen LogP contribution is 2.30. The largest absolute Gasteiger partial charge is 0.381 e. The van der Waals surface area contributed by atoms with Gasteiger partial charge >= 0.3 is 0 Å². The Balaban J connectivity index is 0.00000240. The molecule has 0 amide bonds. The van der Waals surface area contributed by atoms with Gasteiger partial charge in [0, 0.05) is 64.7 Å². The van der Waals surface area contributed by atoms with Crippen molar-refractivity contribution < 1.29 is 4.74 Å². The highest BCUT2D eigenvalue weighted by Gasteiger charge is 2.40. The second-order valence-electron chi connectivity index (χ2n) is 8.09. The first kappa shape index (κ1) is 22.6.